The smallest absolute Gasteiger partial charge is 0.261 e. The van der Waals surface area contributed by atoms with E-state index >= 15 is 0 Å². The molecule has 1 aliphatic heterocycles. The largest absolute Gasteiger partial charge is 0.493 e. The van der Waals surface area contributed by atoms with Gasteiger partial charge in [-0.25, -0.2) is 13.8 Å². The van der Waals surface area contributed by atoms with Crippen LogP contribution in [0.5, 0.6) is 5.75 Å². The summed E-state index contributed by atoms with van der Waals surface area (Å²) in [6.07, 6.45) is 2.10. The van der Waals surface area contributed by atoms with E-state index in [1.54, 1.807) is 6.07 Å². The van der Waals surface area contributed by atoms with Gasteiger partial charge in [0.2, 0.25) is 0 Å². The van der Waals surface area contributed by atoms with E-state index in [0.717, 1.165) is 25.8 Å². The quantitative estimate of drug-likeness (QED) is 0.724. The molecule has 2 aliphatic rings. The van der Waals surface area contributed by atoms with Gasteiger partial charge in [-0.05, 0) is 31.7 Å². The average molecular weight is 434 g/mol. The molecule has 0 unspecified atom stereocenters. The average Bonchev–Trinajstić information content (AvgIpc) is 3.43. The van der Waals surface area contributed by atoms with E-state index in [1.165, 1.54) is 17.8 Å². The number of benzene rings is 1. The number of rotatable bonds is 6. The summed E-state index contributed by atoms with van der Waals surface area (Å²) in [6, 6.07) is 2.84. The Bertz CT molecular complexity index is 863. The summed E-state index contributed by atoms with van der Waals surface area (Å²) in [5, 5.41) is 2.83. The molecule has 0 bridgehead atoms. The molecule has 4 rings (SSSR count). The maximum atomic E-state index is 14.3. The number of nitrogens with zero attached hydrogens (tertiary/aromatic N) is 1. The van der Waals surface area contributed by atoms with Gasteiger partial charge in [-0.3, -0.25) is 4.79 Å². The summed E-state index contributed by atoms with van der Waals surface area (Å²) in [5.74, 6) is 1.11. The molecule has 1 aromatic carbocycles. The van der Waals surface area contributed by atoms with Crippen molar-refractivity contribution in [1.29, 1.82) is 0 Å². The fourth-order valence-electron chi connectivity index (χ4n) is 3.07. The van der Waals surface area contributed by atoms with Crippen molar-refractivity contribution in [3.63, 3.8) is 0 Å². The molecule has 2 fully saturated rings. The van der Waals surface area contributed by atoms with Gasteiger partial charge in [-0.15, -0.1) is 24.2 Å². The van der Waals surface area contributed by atoms with Gasteiger partial charge in [0.25, 0.3) is 5.56 Å². The number of thioether (sulfide) groups is 1. The van der Waals surface area contributed by atoms with E-state index < -0.39 is 17.5 Å². The summed E-state index contributed by atoms with van der Waals surface area (Å²) in [6.45, 7) is 1.70. The Morgan fingerprint density at radius 1 is 1.29 bits per heavy atom. The Kier molecular flexibility index (Phi) is 8.09. The number of ether oxygens (including phenoxy) is 1. The molecule has 2 atom stereocenters. The molecule has 1 saturated carbocycles. The third kappa shape index (κ3) is 5.36. The van der Waals surface area contributed by atoms with Crippen LogP contribution in [0.1, 0.15) is 32.5 Å². The highest BCUT2D eigenvalue weighted by molar-refractivity contribution is 7.99. The molecule has 28 heavy (non-hydrogen) atoms. The number of H-pyrrole nitrogens is 1. The number of fused-ring (bicyclic) bond motifs is 1. The van der Waals surface area contributed by atoms with Crippen molar-refractivity contribution in [1.82, 2.24) is 15.3 Å². The number of aromatic nitrogens is 2. The molecule has 9 heteroatoms. The van der Waals surface area contributed by atoms with E-state index in [2.05, 4.69) is 15.3 Å². The maximum absolute atomic E-state index is 14.3. The molecule has 0 amide bonds. The van der Waals surface area contributed by atoms with Gasteiger partial charge in [0.05, 0.1) is 17.9 Å². The van der Waals surface area contributed by atoms with Gasteiger partial charge in [-0.1, -0.05) is 7.43 Å². The number of nitrogens with one attached hydrogen (secondary N) is 2. The van der Waals surface area contributed by atoms with Crippen LogP contribution in [0.2, 0.25) is 0 Å². The molecule has 1 aromatic heterocycles. The molecule has 2 heterocycles. The van der Waals surface area contributed by atoms with Gasteiger partial charge >= 0.3 is 0 Å². The fraction of sp³-hybridized carbons (Fsp3) is 0.579. The van der Waals surface area contributed by atoms with E-state index in [9.17, 15) is 13.6 Å². The predicted molar refractivity (Wildman–Crippen MR) is 112 cm³/mol. The van der Waals surface area contributed by atoms with Crippen LogP contribution in [0, 0.1) is 11.7 Å². The van der Waals surface area contributed by atoms with Gasteiger partial charge < -0.3 is 15.0 Å². The lowest BCUT2D eigenvalue weighted by molar-refractivity contribution is 0.275. The van der Waals surface area contributed by atoms with Crippen LogP contribution in [-0.4, -0.2) is 41.1 Å². The van der Waals surface area contributed by atoms with Crippen molar-refractivity contribution < 1.29 is 13.5 Å². The van der Waals surface area contributed by atoms with Crippen LogP contribution in [-0.2, 0) is 5.75 Å². The summed E-state index contributed by atoms with van der Waals surface area (Å²) in [5.41, 5.74) is -0.240. The Hall–Kier alpha value is -1.38. The minimum absolute atomic E-state index is 0. The third-order valence-corrected chi connectivity index (χ3v) is 6.15. The Labute approximate surface area is 173 Å². The van der Waals surface area contributed by atoms with E-state index in [4.69, 9.17) is 4.74 Å². The lowest BCUT2D eigenvalue weighted by atomic mass is 10.1. The highest BCUT2D eigenvalue weighted by Gasteiger charge is 2.25. The second kappa shape index (κ2) is 9.89. The predicted octanol–water partition coefficient (Wildman–Crippen LogP) is 3.84. The summed E-state index contributed by atoms with van der Waals surface area (Å²) in [4.78, 5) is 19.2. The molecule has 0 radical (unpaired) electrons. The topological polar surface area (TPSA) is 67.0 Å². The van der Waals surface area contributed by atoms with E-state index in [1.807, 2.05) is 0 Å². The summed E-state index contributed by atoms with van der Waals surface area (Å²) >= 11 is 1.43. The van der Waals surface area contributed by atoms with Crippen molar-refractivity contribution >= 4 is 35.1 Å². The molecule has 1 aliphatic carbocycles. The number of piperidine rings is 1. The molecular weight excluding hydrogens is 408 g/mol. The Balaban J connectivity index is 0.00000140. The molecular formula is C19H26ClF2N3O2S. The highest BCUT2D eigenvalue weighted by atomic mass is 35.5. The van der Waals surface area contributed by atoms with Crippen molar-refractivity contribution in [3.8, 4) is 5.75 Å². The van der Waals surface area contributed by atoms with Gasteiger partial charge in [0.15, 0.2) is 0 Å². The maximum Gasteiger partial charge on any atom is 0.261 e. The number of alkyl halides is 1. The third-order valence-electron chi connectivity index (χ3n) is 4.75. The lowest BCUT2D eigenvalue weighted by Gasteiger charge is -2.25. The SMILES string of the molecule is C.Cl.O=c1[nH]c(CS[C@@H]2CCNC[C@H]2F)nc2cc(OCC3CC3)cc(F)c12. The molecule has 2 N–H and O–H groups in total. The van der Waals surface area contributed by atoms with Crippen LogP contribution in [0.15, 0.2) is 16.9 Å². The van der Waals surface area contributed by atoms with Gasteiger partial charge in [0, 0.05) is 23.9 Å². The first-order valence-electron chi connectivity index (χ1n) is 8.92. The summed E-state index contributed by atoms with van der Waals surface area (Å²) < 4.78 is 33.8. The first kappa shape index (κ1) is 22.9. The van der Waals surface area contributed by atoms with Crippen molar-refractivity contribution in [2.75, 3.05) is 19.7 Å². The number of hydrogen-bond donors (Lipinski definition) is 2. The number of hydrogen-bond acceptors (Lipinski definition) is 5. The van der Waals surface area contributed by atoms with Crippen molar-refractivity contribution in [2.24, 2.45) is 5.92 Å². The molecule has 0 spiro atoms. The normalized spacial score (nSPS) is 21.6. The fourth-order valence-corrected chi connectivity index (χ4v) is 4.17. The number of aromatic amines is 1. The van der Waals surface area contributed by atoms with E-state index in [0.29, 0.717) is 36.4 Å². The van der Waals surface area contributed by atoms with Gasteiger partial charge in [0.1, 0.15) is 28.9 Å². The van der Waals surface area contributed by atoms with Crippen LogP contribution in [0.3, 0.4) is 0 Å². The zero-order valence-electron chi connectivity index (χ0n) is 14.7. The summed E-state index contributed by atoms with van der Waals surface area (Å²) in [7, 11) is 0. The van der Waals surface area contributed by atoms with Crippen LogP contribution < -0.4 is 15.6 Å². The Morgan fingerprint density at radius 3 is 2.79 bits per heavy atom. The first-order chi connectivity index (χ1) is 12.6. The molecule has 5 nitrogen and oxygen atoms in total. The standard InChI is InChI=1S/C18H21F2N3O2S.CH4.ClH/c19-12-5-11(25-8-10-1-2-10)6-14-17(12)18(24)23-16(22-14)9-26-15-3-4-21-7-13(15)20;;/h5-6,10,13,15,21H,1-4,7-9H2,(H,22,23,24);1H4;1H/t13-,15-;;/m1../s1. The van der Waals surface area contributed by atoms with Crippen molar-refractivity contribution in [3.05, 3.63) is 34.1 Å². The molecule has 156 valence electrons. The lowest BCUT2D eigenvalue weighted by Crippen LogP contribution is -2.39. The van der Waals surface area contributed by atoms with E-state index in [-0.39, 0.29) is 36.0 Å². The second-order valence-corrected chi connectivity index (χ2v) is 8.15. The van der Waals surface area contributed by atoms with Crippen LogP contribution in [0.25, 0.3) is 10.9 Å². The Morgan fingerprint density at radius 2 is 2.07 bits per heavy atom. The minimum atomic E-state index is -0.916. The van der Waals surface area contributed by atoms with Crippen LogP contribution in [0.4, 0.5) is 8.78 Å². The molecule has 1 saturated heterocycles. The van der Waals surface area contributed by atoms with Gasteiger partial charge in [-0.2, -0.15) is 0 Å². The molecule has 2 aromatic rings. The second-order valence-electron chi connectivity index (χ2n) is 6.92. The zero-order chi connectivity index (χ0) is 18.1. The monoisotopic (exact) mass is 433 g/mol. The van der Waals surface area contributed by atoms with Crippen LogP contribution >= 0.6 is 24.2 Å². The van der Waals surface area contributed by atoms with Crippen molar-refractivity contribution in [2.45, 2.75) is 43.9 Å². The highest BCUT2D eigenvalue weighted by Crippen LogP contribution is 2.30. The number of halogens is 3. The first-order valence-corrected chi connectivity index (χ1v) is 9.96. The minimum Gasteiger partial charge on any atom is -0.493 e. The zero-order valence-corrected chi connectivity index (χ0v) is 16.3.